The molecule has 0 bridgehead atoms. The number of amidine groups is 1. The number of hydrogen-bond donors (Lipinski definition) is 1. The van der Waals surface area contributed by atoms with Crippen LogP contribution in [0, 0.1) is 6.92 Å². The molecule has 3 aromatic heterocycles. The van der Waals surface area contributed by atoms with Crippen LogP contribution in [0.4, 0.5) is 0 Å². The van der Waals surface area contributed by atoms with Crippen LogP contribution in [0.25, 0.3) is 10.8 Å². The number of rotatable bonds is 7. The molecule has 0 fully saturated rings. The Morgan fingerprint density at radius 3 is 2.72 bits per heavy atom. The first kappa shape index (κ1) is 18.7. The summed E-state index contributed by atoms with van der Waals surface area (Å²) in [7, 11) is 0. The lowest BCUT2D eigenvalue weighted by atomic mass is 10.3. The standard InChI is InChI=1S/C21H18N4O3S/c1-14-7-9-18(27-14)21-24-16(13-29-21)12-26-25-20(22)15-8-10-19(23-11-15)28-17-5-3-2-4-6-17/h2-11,13H,12H2,1H3,(H2,22,25). The van der Waals surface area contributed by atoms with E-state index in [-0.39, 0.29) is 12.4 Å². The van der Waals surface area contributed by atoms with E-state index in [1.165, 1.54) is 11.3 Å². The van der Waals surface area contributed by atoms with E-state index >= 15 is 0 Å². The normalized spacial score (nSPS) is 11.4. The summed E-state index contributed by atoms with van der Waals surface area (Å²) in [6.07, 6.45) is 1.58. The summed E-state index contributed by atoms with van der Waals surface area (Å²) in [6.45, 7) is 2.10. The molecule has 4 rings (SSSR count). The first-order valence-electron chi connectivity index (χ1n) is 8.83. The van der Waals surface area contributed by atoms with Gasteiger partial charge in [-0.3, -0.25) is 0 Å². The van der Waals surface area contributed by atoms with Crippen LogP contribution in [-0.4, -0.2) is 15.8 Å². The van der Waals surface area contributed by atoms with Crippen LogP contribution >= 0.6 is 11.3 Å². The van der Waals surface area contributed by atoms with E-state index in [0.29, 0.717) is 17.2 Å². The predicted molar refractivity (Wildman–Crippen MR) is 111 cm³/mol. The number of nitrogens with zero attached hydrogens (tertiary/aromatic N) is 3. The van der Waals surface area contributed by atoms with Gasteiger partial charge in [0.15, 0.2) is 23.2 Å². The Balaban J connectivity index is 1.33. The summed E-state index contributed by atoms with van der Waals surface area (Å²) in [5, 5.41) is 6.64. The molecular formula is C21H18N4O3S. The molecule has 146 valence electrons. The van der Waals surface area contributed by atoms with Crippen molar-refractivity contribution in [1.29, 1.82) is 0 Å². The third-order valence-corrected chi connectivity index (χ3v) is 4.78. The number of ether oxygens (including phenoxy) is 1. The number of oxime groups is 1. The van der Waals surface area contributed by atoms with Gasteiger partial charge in [0.2, 0.25) is 5.88 Å². The van der Waals surface area contributed by atoms with Crippen molar-refractivity contribution in [2.75, 3.05) is 0 Å². The molecule has 0 aliphatic rings. The van der Waals surface area contributed by atoms with Crippen molar-refractivity contribution < 1.29 is 14.0 Å². The van der Waals surface area contributed by atoms with Crippen LogP contribution in [0.5, 0.6) is 11.6 Å². The quantitative estimate of drug-likeness (QED) is 0.271. The minimum atomic E-state index is 0.208. The Kier molecular flexibility index (Phi) is 5.53. The van der Waals surface area contributed by atoms with Gasteiger partial charge in [-0.05, 0) is 37.3 Å². The summed E-state index contributed by atoms with van der Waals surface area (Å²) < 4.78 is 11.2. The molecular weight excluding hydrogens is 388 g/mol. The number of hydrogen-bond acceptors (Lipinski definition) is 7. The zero-order valence-corrected chi connectivity index (χ0v) is 16.4. The summed E-state index contributed by atoms with van der Waals surface area (Å²) in [4.78, 5) is 14.0. The molecule has 0 radical (unpaired) electrons. The van der Waals surface area contributed by atoms with E-state index < -0.39 is 0 Å². The second kappa shape index (κ2) is 8.57. The van der Waals surface area contributed by atoms with E-state index in [2.05, 4.69) is 15.1 Å². The molecule has 0 spiro atoms. The number of pyridine rings is 1. The summed E-state index contributed by atoms with van der Waals surface area (Å²) in [6, 6.07) is 16.7. The highest BCUT2D eigenvalue weighted by molar-refractivity contribution is 7.13. The maximum Gasteiger partial charge on any atom is 0.219 e. The molecule has 0 atom stereocenters. The molecule has 0 aliphatic heterocycles. The third kappa shape index (κ3) is 4.80. The first-order chi connectivity index (χ1) is 14.2. The average Bonchev–Trinajstić information content (AvgIpc) is 3.38. The van der Waals surface area contributed by atoms with Crippen LogP contribution in [0.2, 0.25) is 0 Å². The largest absolute Gasteiger partial charge is 0.459 e. The van der Waals surface area contributed by atoms with Gasteiger partial charge < -0.3 is 19.7 Å². The lowest BCUT2D eigenvalue weighted by Gasteiger charge is -2.05. The maximum absolute atomic E-state index is 5.97. The summed E-state index contributed by atoms with van der Waals surface area (Å²) in [5.41, 5.74) is 7.36. The number of aryl methyl sites for hydroxylation is 1. The zero-order valence-electron chi connectivity index (χ0n) is 15.6. The predicted octanol–water partition coefficient (Wildman–Crippen LogP) is 4.74. The molecule has 0 amide bonds. The van der Waals surface area contributed by atoms with Crippen LogP contribution in [-0.2, 0) is 11.4 Å². The Morgan fingerprint density at radius 1 is 1.14 bits per heavy atom. The van der Waals surface area contributed by atoms with Gasteiger partial charge in [-0.15, -0.1) is 11.3 Å². The van der Waals surface area contributed by atoms with Crippen molar-refractivity contribution in [1.82, 2.24) is 9.97 Å². The molecule has 0 unspecified atom stereocenters. The highest BCUT2D eigenvalue weighted by atomic mass is 32.1. The van der Waals surface area contributed by atoms with Crippen molar-refractivity contribution in [3.63, 3.8) is 0 Å². The third-order valence-electron chi connectivity index (χ3n) is 3.88. The Labute approximate surface area is 171 Å². The fourth-order valence-electron chi connectivity index (χ4n) is 2.46. The van der Waals surface area contributed by atoms with Crippen molar-refractivity contribution >= 4 is 17.2 Å². The first-order valence-corrected chi connectivity index (χ1v) is 9.71. The monoisotopic (exact) mass is 406 g/mol. The van der Waals surface area contributed by atoms with E-state index in [1.807, 2.05) is 54.8 Å². The lowest BCUT2D eigenvalue weighted by Crippen LogP contribution is -2.14. The Morgan fingerprint density at radius 2 is 2.00 bits per heavy atom. The highest BCUT2D eigenvalue weighted by Crippen LogP contribution is 2.25. The molecule has 0 aliphatic carbocycles. The number of aromatic nitrogens is 2. The van der Waals surface area contributed by atoms with E-state index in [9.17, 15) is 0 Å². The van der Waals surface area contributed by atoms with Crippen LogP contribution in [0.15, 0.2) is 75.7 Å². The molecule has 8 heteroatoms. The summed E-state index contributed by atoms with van der Waals surface area (Å²) >= 11 is 1.48. The molecule has 0 saturated heterocycles. The van der Waals surface area contributed by atoms with Crippen molar-refractivity contribution in [2.24, 2.45) is 10.9 Å². The van der Waals surface area contributed by atoms with Crippen LogP contribution in [0.1, 0.15) is 17.0 Å². The molecule has 4 aromatic rings. The second-order valence-electron chi connectivity index (χ2n) is 6.10. The Bertz CT molecular complexity index is 1100. The fourth-order valence-corrected chi connectivity index (χ4v) is 3.22. The minimum absolute atomic E-state index is 0.208. The van der Waals surface area contributed by atoms with Gasteiger partial charge in [-0.25, -0.2) is 9.97 Å². The van der Waals surface area contributed by atoms with Gasteiger partial charge in [-0.1, -0.05) is 23.4 Å². The SMILES string of the molecule is Cc1ccc(-c2nc(CO/N=C(/N)c3ccc(Oc4ccccc4)nc3)cs2)o1. The van der Waals surface area contributed by atoms with E-state index in [1.54, 1.807) is 18.3 Å². The zero-order chi connectivity index (χ0) is 20.1. The van der Waals surface area contributed by atoms with Gasteiger partial charge in [0.1, 0.15) is 11.5 Å². The van der Waals surface area contributed by atoms with E-state index in [0.717, 1.165) is 22.2 Å². The van der Waals surface area contributed by atoms with Crippen LogP contribution < -0.4 is 10.5 Å². The lowest BCUT2D eigenvalue weighted by molar-refractivity contribution is 0.128. The molecule has 2 N–H and O–H groups in total. The van der Waals surface area contributed by atoms with Gasteiger partial charge >= 0.3 is 0 Å². The number of furan rings is 1. The smallest absolute Gasteiger partial charge is 0.219 e. The summed E-state index contributed by atoms with van der Waals surface area (Å²) in [5.74, 6) is 2.99. The highest BCUT2D eigenvalue weighted by Gasteiger charge is 2.09. The number of nitrogens with two attached hydrogens (primary N) is 1. The average molecular weight is 406 g/mol. The van der Waals surface area contributed by atoms with Crippen molar-refractivity contribution in [2.45, 2.75) is 13.5 Å². The van der Waals surface area contributed by atoms with Crippen molar-refractivity contribution in [3.05, 3.63) is 83.2 Å². The van der Waals surface area contributed by atoms with E-state index in [4.69, 9.17) is 19.7 Å². The molecule has 0 saturated carbocycles. The number of benzene rings is 1. The second-order valence-corrected chi connectivity index (χ2v) is 6.96. The maximum atomic E-state index is 5.97. The van der Waals surface area contributed by atoms with Crippen molar-refractivity contribution in [3.8, 4) is 22.4 Å². The van der Waals surface area contributed by atoms with Gasteiger partial charge in [0.05, 0.1) is 5.69 Å². The molecule has 3 heterocycles. The van der Waals surface area contributed by atoms with Crippen LogP contribution in [0.3, 0.4) is 0 Å². The van der Waals surface area contributed by atoms with Gasteiger partial charge in [-0.2, -0.15) is 0 Å². The molecule has 1 aromatic carbocycles. The molecule has 29 heavy (non-hydrogen) atoms. The number of para-hydroxylation sites is 1. The molecule has 7 nitrogen and oxygen atoms in total. The number of thiazole rings is 1. The minimum Gasteiger partial charge on any atom is -0.459 e. The van der Waals surface area contributed by atoms with Gasteiger partial charge in [0, 0.05) is 23.2 Å². The Hall–Kier alpha value is -3.65. The van der Waals surface area contributed by atoms with Gasteiger partial charge in [0.25, 0.3) is 0 Å². The fraction of sp³-hybridized carbons (Fsp3) is 0.0952. The topological polar surface area (TPSA) is 95.8 Å².